The highest BCUT2D eigenvalue weighted by Gasteiger charge is 2.32. The van der Waals surface area contributed by atoms with Crippen LogP contribution < -0.4 is 10.6 Å². The molecule has 1 aromatic heterocycles. The van der Waals surface area contributed by atoms with Gasteiger partial charge in [0.05, 0.1) is 5.56 Å². The minimum atomic E-state index is -0.101. The molecule has 0 radical (unpaired) electrons. The van der Waals surface area contributed by atoms with E-state index in [4.69, 9.17) is 0 Å². The highest BCUT2D eigenvalue weighted by atomic mass is 16.2. The maximum atomic E-state index is 12.6. The lowest BCUT2D eigenvalue weighted by molar-refractivity contribution is -0.123. The monoisotopic (exact) mass is 360 g/mol. The Balaban J connectivity index is 1.82. The highest BCUT2D eigenvalue weighted by Crippen LogP contribution is 2.29. The molecule has 2 atom stereocenters. The van der Waals surface area contributed by atoms with E-state index in [1.54, 1.807) is 24.5 Å². The van der Waals surface area contributed by atoms with E-state index in [1.807, 2.05) is 4.90 Å². The summed E-state index contributed by atoms with van der Waals surface area (Å²) in [5.74, 6) is 0.501. The Labute approximate surface area is 154 Å². The molecule has 0 aromatic carbocycles. The normalized spacial score (nSPS) is 19.7. The van der Waals surface area contributed by atoms with Crippen LogP contribution in [-0.2, 0) is 9.59 Å². The summed E-state index contributed by atoms with van der Waals surface area (Å²) in [6.07, 6.45) is 5.47. The van der Waals surface area contributed by atoms with Crippen LogP contribution in [-0.4, -0.2) is 53.8 Å². The van der Waals surface area contributed by atoms with Crippen molar-refractivity contribution in [1.82, 2.24) is 20.5 Å². The summed E-state index contributed by atoms with van der Waals surface area (Å²) < 4.78 is 0. The predicted molar refractivity (Wildman–Crippen MR) is 98.3 cm³/mol. The van der Waals surface area contributed by atoms with E-state index in [1.165, 1.54) is 6.92 Å². The van der Waals surface area contributed by atoms with Crippen LogP contribution in [0.5, 0.6) is 0 Å². The quantitative estimate of drug-likeness (QED) is 0.715. The van der Waals surface area contributed by atoms with E-state index in [0.717, 1.165) is 12.8 Å². The van der Waals surface area contributed by atoms with E-state index < -0.39 is 0 Å². The first-order valence-electron chi connectivity index (χ1n) is 9.21. The Morgan fingerprint density at radius 1 is 1.23 bits per heavy atom. The topological polar surface area (TPSA) is 91.4 Å². The third-order valence-corrected chi connectivity index (χ3v) is 4.88. The van der Waals surface area contributed by atoms with E-state index in [2.05, 4.69) is 22.5 Å². The Morgan fingerprint density at radius 3 is 2.65 bits per heavy atom. The first-order chi connectivity index (χ1) is 12.5. The van der Waals surface area contributed by atoms with Crippen molar-refractivity contribution in [3.63, 3.8) is 0 Å². The van der Waals surface area contributed by atoms with Gasteiger partial charge in [0.2, 0.25) is 11.8 Å². The van der Waals surface area contributed by atoms with Crippen molar-refractivity contribution in [1.29, 1.82) is 0 Å². The van der Waals surface area contributed by atoms with E-state index in [9.17, 15) is 14.4 Å². The first kappa shape index (κ1) is 19.9. The van der Waals surface area contributed by atoms with Gasteiger partial charge >= 0.3 is 0 Å². The van der Waals surface area contributed by atoms with Crippen LogP contribution in [0.4, 0.5) is 0 Å². The average Bonchev–Trinajstić information content (AvgIpc) is 2.65. The Kier molecular flexibility index (Phi) is 7.56. The molecule has 1 aliphatic heterocycles. The third kappa shape index (κ3) is 5.82. The summed E-state index contributed by atoms with van der Waals surface area (Å²) >= 11 is 0. The van der Waals surface area contributed by atoms with Crippen molar-refractivity contribution in [2.45, 2.75) is 33.1 Å². The molecule has 1 saturated heterocycles. The van der Waals surface area contributed by atoms with E-state index >= 15 is 0 Å². The van der Waals surface area contributed by atoms with Gasteiger partial charge in [-0.1, -0.05) is 13.3 Å². The number of piperidine rings is 1. The number of likely N-dealkylation sites (tertiary alicyclic amines) is 1. The van der Waals surface area contributed by atoms with Gasteiger partial charge in [-0.05, 0) is 30.4 Å². The standard InChI is InChI=1S/C19H28N4O3/c1-3-15-13-23(19(26)17-5-4-7-20-12-17)10-6-16(15)11-18(25)22-9-8-21-14(2)24/h4-5,7,12,15-16H,3,6,8-11,13H2,1-2H3,(H,21,24)(H,22,25)/t15-,16-/m0/s1. The van der Waals surface area contributed by atoms with Crippen LogP contribution in [0.15, 0.2) is 24.5 Å². The lowest BCUT2D eigenvalue weighted by Crippen LogP contribution is -2.45. The number of nitrogens with one attached hydrogen (secondary N) is 2. The van der Waals surface area contributed by atoms with Gasteiger partial charge in [-0.2, -0.15) is 0 Å². The molecule has 26 heavy (non-hydrogen) atoms. The molecule has 0 spiro atoms. The van der Waals surface area contributed by atoms with E-state index in [-0.39, 0.29) is 23.6 Å². The second-order valence-corrected chi connectivity index (χ2v) is 6.75. The zero-order valence-electron chi connectivity index (χ0n) is 15.5. The molecule has 0 unspecified atom stereocenters. The number of nitrogens with zero attached hydrogens (tertiary/aromatic N) is 2. The minimum Gasteiger partial charge on any atom is -0.355 e. The lowest BCUT2D eigenvalue weighted by atomic mass is 9.81. The van der Waals surface area contributed by atoms with Crippen molar-refractivity contribution >= 4 is 17.7 Å². The number of carbonyl (C=O) groups excluding carboxylic acids is 3. The number of rotatable bonds is 7. The Hall–Kier alpha value is -2.44. The molecule has 0 bridgehead atoms. The minimum absolute atomic E-state index is 0.00541. The van der Waals surface area contributed by atoms with Gasteiger partial charge in [0.15, 0.2) is 0 Å². The van der Waals surface area contributed by atoms with Crippen molar-refractivity contribution in [2.24, 2.45) is 11.8 Å². The molecule has 2 heterocycles. The maximum Gasteiger partial charge on any atom is 0.255 e. The SMILES string of the molecule is CC[C@H]1CN(C(=O)c2cccnc2)CC[C@H]1CC(=O)NCCNC(C)=O. The number of amides is 3. The summed E-state index contributed by atoms with van der Waals surface area (Å²) in [5, 5.41) is 5.50. The largest absolute Gasteiger partial charge is 0.355 e. The highest BCUT2D eigenvalue weighted by molar-refractivity contribution is 5.94. The smallest absolute Gasteiger partial charge is 0.255 e. The number of carbonyl (C=O) groups is 3. The van der Waals surface area contributed by atoms with Crippen molar-refractivity contribution in [3.8, 4) is 0 Å². The van der Waals surface area contributed by atoms with Crippen LogP contribution in [0.2, 0.25) is 0 Å². The van der Waals surface area contributed by atoms with Gasteiger partial charge in [-0.25, -0.2) is 0 Å². The van der Waals surface area contributed by atoms with Crippen LogP contribution in [0.1, 0.15) is 43.5 Å². The zero-order chi connectivity index (χ0) is 18.9. The molecule has 7 heteroatoms. The average molecular weight is 360 g/mol. The number of aromatic nitrogens is 1. The van der Waals surface area contributed by atoms with Gasteiger partial charge in [0.1, 0.15) is 0 Å². The second kappa shape index (κ2) is 9.89. The molecule has 2 N–H and O–H groups in total. The van der Waals surface area contributed by atoms with Crippen molar-refractivity contribution < 1.29 is 14.4 Å². The fourth-order valence-electron chi connectivity index (χ4n) is 3.42. The van der Waals surface area contributed by atoms with Gasteiger partial charge < -0.3 is 15.5 Å². The summed E-state index contributed by atoms with van der Waals surface area (Å²) in [4.78, 5) is 41.4. The molecule has 1 fully saturated rings. The van der Waals surface area contributed by atoms with Gasteiger partial charge in [-0.15, -0.1) is 0 Å². The van der Waals surface area contributed by atoms with Gasteiger partial charge in [0.25, 0.3) is 5.91 Å². The third-order valence-electron chi connectivity index (χ3n) is 4.88. The van der Waals surface area contributed by atoms with E-state index in [0.29, 0.717) is 44.1 Å². The zero-order valence-corrected chi connectivity index (χ0v) is 15.5. The lowest BCUT2D eigenvalue weighted by Gasteiger charge is -2.38. The van der Waals surface area contributed by atoms with Gasteiger partial charge in [-0.3, -0.25) is 19.4 Å². The first-order valence-corrected chi connectivity index (χ1v) is 9.21. The molecule has 2 rings (SSSR count). The molecule has 142 valence electrons. The van der Waals surface area contributed by atoms with Crippen LogP contribution in [0.3, 0.4) is 0 Å². The van der Waals surface area contributed by atoms with Crippen LogP contribution >= 0.6 is 0 Å². The Morgan fingerprint density at radius 2 is 2.00 bits per heavy atom. The predicted octanol–water partition coefficient (Wildman–Crippen LogP) is 1.21. The summed E-state index contributed by atoms with van der Waals surface area (Å²) in [6, 6.07) is 3.55. The summed E-state index contributed by atoms with van der Waals surface area (Å²) in [7, 11) is 0. The van der Waals surface area contributed by atoms with Crippen molar-refractivity contribution in [2.75, 3.05) is 26.2 Å². The number of hydrogen-bond acceptors (Lipinski definition) is 4. The van der Waals surface area contributed by atoms with Crippen LogP contribution in [0, 0.1) is 11.8 Å². The molecule has 0 aliphatic carbocycles. The fourth-order valence-corrected chi connectivity index (χ4v) is 3.42. The second-order valence-electron chi connectivity index (χ2n) is 6.75. The van der Waals surface area contributed by atoms with Gasteiger partial charge in [0, 0.05) is 51.9 Å². The molecule has 3 amide bonds. The van der Waals surface area contributed by atoms with Crippen molar-refractivity contribution in [3.05, 3.63) is 30.1 Å². The summed E-state index contributed by atoms with van der Waals surface area (Å²) in [5.41, 5.74) is 0.608. The number of hydrogen-bond donors (Lipinski definition) is 2. The molecule has 1 aromatic rings. The molecule has 1 aliphatic rings. The fraction of sp³-hybridized carbons (Fsp3) is 0.579. The Bertz CT molecular complexity index is 620. The molecule has 7 nitrogen and oxygen atoms in total. The van der Waals surface area contributed by atoms with Crippen LogP contribution in [0.25, 0.3) is 0 Å². The molecular weight excluding hydrogens is 332 g/mol. The maximum absolute atomic E-state index is 12.6. The molecular formula is C19H28N4O3. The summed E-state index contributed by atoms with van der Waals surface area (Å²) in [6.45, 7) is 5.77. The molecule has 0 saturated carbocycles. The number of pyridine rings is 1.